The molecule has 1 aromatic rings. The molecular weight excluding hydrogens is 218 g/mol. The van der Waals surface area contributed by atoms with Crippen molar-refractivity contribution in [3.63, 3.8) is 0 Å². The summed E-state index contributed by atoms with van der Waals surface area (Å²) in [4.78, 5) is 11.0. The molecule has 0 aromatic heterocycles. The van der Waals surface area contributed by atoms with Crippen LogP contribution in [0.2, 0.25) is 0 Å². The highest BCUT2D eigenvalue weighted by Gasteiger charge is 2.10. The molecule has 17 heavy (non-hydrogen) atoms. The normalized spacial score (nSPS) is 11.9. The maximum Gasteiger partial charge on any atom is 0.308 e. The van der Waals surface area contributed by atoms with Crippen LogP contribution in [0.3, 0.4) is 0 Å². The van der Waals surface area contributed by atoms with E-state index in [1.54, 1.807) is 0 Å². The van der Waals surface area contributed by atoms with E-state index in [1.807, 2.05) is 31.2 Å². The molecule has 4 heteroatoms. The topological polar surface area (TPSA) is 61.5 Å². The molecule has 1 rings (SSSR count). The number of rotatable bonds is 6. The van der Waals surface area contributed by atoms with Crippen molar-refractivity contribution in [2.45, 2.75) is 25.8 Å². The highest BCUT2D eigenvalue weighted by molar-refractivity contribution is 5.69. The van der Waals surface area contributed by atoms with Crippen molar-refractivity contribution < 1.29 is 14.3 Å². The molecule has 94 valence electrons. The van der Waals surface area contributed by atoms with Gasteiger partial charge in [0.2, 0.25) is 0 Å². The summed E-state index contributed by atoms with van der Waals surface area (Å²) in [5.41, 5.74) is 6.95. The summed E-state index contributed by atoms with van der Waals surface area (Å²) in [6.07, 6.45) is 1.09. The molecular formula is C13H19NO3. The summed E-state index contributed by atoms with van der Waals surface area (Å²) in [5.74, 6) is 0.466. The number of methoxy groups -OCH3 is 1. The Bertz CT molecular complexity index is 365. The molecule has 0 radical (unpaired) electrons. The maximum atomic E-state index is 11.0. The lowest BCUT2D eigenvalue weighted by Crippen LogP contribution is -2.12. The number of ether oxygens (including phenoxy) is 2. The van der Waals surface area contributed by atoms with Crippen molar-refractivity contribution in [3.8, 4) is 5.75 Å². The number of carbonyl (C=O) groups excluding carboxylic acids is 1. The lowest BCUT2D eigenvalue weighted by atomic mass is 10.0. The predicted molar refractivity (Wildman–Crippen MR) is 65.8 cm³/mol. The van der Waals surface area contributed by atoms with Gasteiger partial charge >= 0.3 is 5.97 Å². The van der Waals surface area contributed by atoms with Crippen LogP contribution in [0.1, 0.15) is 31.4 Å². The van der Waals surface area contributed by atoms with Gasteiger partial charge in [0, 0.05) is 11.6 Å². The van der Waals surface area contributed by atoms with Gasteiger partial charge in [-0.05, 0) is 12.5 Å². The second-order valence-electron chi connectivity index (χ2n) is 3.73. The lowest BCUT2D eigenvalue weighted by Gasteiger charge is -2.15. The van der Waals surface area contributed by atoms with Crippen LogP contribution in [0.5, 0.6) is 5.75 Å². The van der Waals surface area contributed by atoms with Gasteiger partial charge in [-0.2, -0.15) is 0 Å². The minimum absolute atomic E-state index is 0.0377. The van der Waals surface area contributed by atoms with E-state index in [2.05, 4.69) is 4.74 Å². The molecule has 1 atom stereocenters. The molecule has 0 heterocycles. The van der Waals surface area contributed by atoms with Gasteiger partial charge in [-0.15, -0.1) is 0 Å². The molecule has 1 aromatic carbocycles. The fourth-order valence-electron chi connectivity index (χ4n) is 1.48. The first kappa shape index (κ1) is 13.5. The molecule has 0 spiro atoms. The van der Waals surface area contributed by atoms with E-state index >= 15 is 0 Å². The fraction of sp³-hybridized carbons (Fsp3) is 0.462. The summed E-state index contributed by atoms with van der Waals surface area (Å²) < 4.78 is 10.1. The third kappa shape index (κ3) is 4.07. The number of nitrogens with two attached hydrogens (primary N) is 1. The van der Waals surface area contributed by atoms with Gasteiger partial charge in [0.1, 0.15) is 5.75 Å². The summed E-state index contributed by atoms with van der Waals surface area (Å²) >= 11 is 0. The van der Waals surface area contributed by atoms with Gasteiger partial charge in [0.05, 0.1) is 20.1 Å². The highest BCUT2D eigenvalue weighted by atomic mass is 16.5. The van der Waals surface area contributed by atoms with Crippen LogP contribution in [0.15, 0.2) is 24.3 Å². The quantitative estimate of drug-likeness (QED) is 0.769. The fourth-order valence-corrected chi connectivity index (χ4v) is 1.48. The van der Waals surface area contributed by atoms with E-state index in [9.17, 15) is 4.79 Å². The van der Waals surface area contributed by atoms with Gasteiger partial charge in [-0.25, -0.2) is 0 Å². The Balaban J connectivity index is 2.61. The number of para-hydroxylation sites is 1. The Morgan fingerprint density at radius 2 is 2.12 bits per heavy atom. The Morgan fingerprint density at radius 1 is 1.41 bits per heavy atom. The highest BCUT2D eigenvalue weighted by Crippen LogP contribution is 2.25. The molecule has 0 aliphatic carbocycles. The van der Waals surface area contributed by atoms with Crippen LogP contribution in [0.4, 0.5) is 0 Å². The van der Waals surface area contributed by atoms with Gasteiger partial charge < -0.3 is 15.2 Å². The van der Waals surface area contributed by atoms with Crippen LogP contribution in [0, 0.1) is 0 Å². The number of hydrogen-bond donors (Lipinski definition) is 1. The molecule has 0 saturated heterocycles. The third-order valence-corrected chi connectivity index (χ3v) is 2.55. The van der Waals surface area contributed by atoms with E-state index in [4.69, 9.17) is 10.5 Å². The number of esters is 1. The molecule has 0 fully saturated rings. The van der Waals surface area contributed by atoms with Crippen LogP contribution < -0.4 is 10.5 Å². The van der Waals surface area contributed by atoms with Crippen molar-refractivity contribution in [3.05, 3.63) is 29.8 Å². The maximum absolute atomic E-state index is 11.0. The number of benzene rings is 1. The number of hydrogen-bond acceptors (Lipinski definition) is 4. The van der Waals surface area contributed by atoms with E-state index in [0.29, 0.717) is 6.61 Å². The van der Waals surface area contributed by atoms with Crippen molar-refractivity contribution in [1.82, 2.24) is 0 Å². The average molecular weight is 237 g/mol. The summed E-state index contributed by atoms with van der Waals surface area (Å²) in [6.45, 7) is 2.33. The zero-order chi connectivity index (χ0) is 12.7. The first-order chi connectivity index (χ1) is 8.19. The molecule has 0 bridgehead atoms. The van der Waals surface area contributed by atoms with Gasteiger partial charge in [-0.3, -0.25) is 4.79 Å². The lowest BCUT2D eigenvalue weighted by molar-refractivity contribution is -0.141. The Hall–Kier alpha value is -1.55. The van der Waals surface area contributed by atoms with E-state index in [1.165, 1.54) is 7.11 Å². The Kier molecular flexibility index (Phi) is 5.49. The summed E-state index contributed by atoms with van der Waals surface area (Å²) in [6, 6.07) is 7.59. The van der Waals surface area contributed by atoms with Crippen molar-refractivity contribution in [2.75, 3.05) is 13.7 Å². The zero-order valence-corrected chi connectivity index (χ0v) is 10.3. The average Bonchev–Trinajstić information content (AvgIpc) is 2.38. The van der Waals surface area contributed by atoms with Crippen molar-refractivity contribution in [1.29, 1.82) is 0 Å². The van der Waals surface area contributed by atoms with E-state index in [-0.39, 0.29) is 18.4 Å². The van der Waals surface area contributed by atoms with E-state index < -0.39 is 0 Å². The standard InChI is InChI=1S/C13H19NO3/c1-3-11(14)10-6-4-5-7-12(10)17-9-8-13(15)16-2/h4-7,11H,3,8-9,14H2,1-2H3. The Morgan fingerprint density at radius 3 is 2.76 bits per heavy atom. The Labute approximate surface area is 102 Å². The monoisotopic (exact) mass is 237 g/mol. The predicted octanol–water partition coefficient (Wildman–Crippen LogP) is 2.04. The summed E-state index contributed by atoms with van der Waals surface area (Å²) in [5, 5.41) is 0. The molecule has 0 aliphatic heterocycles. The molecule has 0 amide bonds. The van der Waals surface area contributed by atoms with Gasteiger partial charge in [-0.1, -0.05) is 25.1 Å². The summed E-state index contributed by atoms with van der Waals surface area (Å²) in [7, 11) is 1.36. The van der Waals surface area contributed by atoms with Crippen LogP contribution in [-0.2, 0) is 9.53 Å². The van der Waals surface area contributed by atoms with Crippen LogP contribution >= 0.6 is 0 Å². The first-order valence-electron chi connectivity index (χ1n) is 5.73. The first-order valence-corrected chi connectivity index (χ1v) is 5.73. The van der Waals surface area contributed by atoms with Gasteiger partial charge in [0.25, 0.3) is 0 Å². The zero-order valence-electron chi connectivity index (χ0n) is 10.3. The molecule has 0 saturated carbocycles. The van der Waals surface area contributed by atoms with Gasteiger partial charge in [0.15, 0.2) is 0 Å². The third-order valence-electron chi connectivity index (χ3n) is 2.55. The van der Waals surface area contributed by atoms with Crippen molar-refractivity contribution >= 4 is 5.97 Å². The van der Waals surface area contributed by atoms with Crippen LogP contribution in [0.25, 0.3) is 0 Å². The molecule has 2 N–H and O–H groups in total. The molecule has 4 nitrogen and oxygen atoms in total. The largest absolute Gasteiger partial charge is 0.493 e. The minimum atomic E-state index is -0.276. The van der Waals surface area contributed by atoms with E-state index in [0.717, 1.165) is 17.7 Å². The molecule has 0 aliphatic rings. The van der Waals surface area contributed by atoms with Crippen molar-refractivity contribution in [2.24, 2.45) is 5.73 Å². The van der Waals surface area contributed by atoms with Crippen LogP contribution in [-0.4, -0.2) is 19.7 Å². The smallest absolute Gasteiger partial charge is 0.308 e. The minimum Gasteiger partial charge on any atom is -0.493 e. The second-order valence-corrected chi connectivity index (χ2v) is 3.73. The SMILES string of the molecule is CCC(N)c1ccccc1OCCC(=O)OC. The molecule has 1 unspecified atom stereocenters. The number of carbonyl (C=O) groups is 1. The second kappa shape index (κ2) is 6.91.